The third-order valence-electron chi connectivity index (χ3n) is 4.93. The second-order valence-corrected chi connectivity index (χ2v) is 8.03. The van der Waals surface area contributed by atoms with E-state index in [0.717, 1.165) is 11.1 Å². The minimum atomic E-state index is -0.397. The molecule has 3 rings (SSSR count). The number of hydrogen-bond acceptors (Lipinski definition) is 3. The summed E-state index contributed by atoms with van der Waals surface area (Å²) in [7, 11) is 0. The Labute approximate surface area is 173 Å². The molecule has 142 valence electrons. The molecule has 27 heavy (non-hydrogen) atoms. The zero-order chi connectivity index (χ0) is 19.4. The standard InChI is InChI=1S/C21H23IN2O3/c1-15(18-11-7-4-8-12-18)23-14-24(16(2)19(22)20(23)25)21(26)27-13-17-9-5-3-6-10-17/h3-12,15-16,19H,13-14H2,1-2H3/t15-,16+,19-/m0/s1. The van der Waals surface area contributed by atoms with Gasteiger partial charge in [-0.25, -0.2) is 4.79 Å². The van der Waals surface area contributed by atoms with Crippen LogP contribution in [0.25, 0.3) is 0 Å². The molecule has 1 aliphatic heterocycles. The Morgan fingerprint density at radius 3 is 2.37 bits per heavy atom. The van der Waals surface area contributed by atoms with Crippen LogP contribution in [0.1, 0.15) is 31.0 Å². The van der Waals surface area contributed by atoms with Gasteiger partial charge in [0.1, 0.15) is 10.5 Å². The van der Waals surface area contributed by atoms with E-state index < -0.39 is 6.09 Å². The van der Waals surface area contributed by atoms with Crippen LogP contribution in [0.2, 0.25) is 0 Å². The van der Waals surface area contributed by atoms with Crippen LogP contribution >= 0.6 is 22.6 Å². The monoisotopic (exact) mass is 478 g/mol. The molecule has 0 aliphatic carbocycles. The maximum atomic E-state index is 12.8. The molecule has 1 saturated heterocycles. The predicted octanol–water partition coefficient (Wildman–Crippen LogP) is 4.38. The van der Waals surface area contributed by atoms with Crippen molar-refractivity contribution in [3.8, 4) is 0 Å². The minimum absolute atomic E-state index is 0.0477. The Bertz CT molecular complexity index is 785. The molecule has 0 saturated carbocycles. The first kappa shape index (κ1) is 19.7. The summed E-state index contributed by atoms with van der Waals surface area (Å²) in [5.74, 6) is 0.0477. The highest BCUT2D eigenvalue weighted by molar-refractivity contribution is 14.1. The van der Waals surface area contributed by atoms with E-state index in [-0.39, 0.29) is 35.2 Å². The average Bonchev–Trinajstić information content (AvgIpc) is 2.71. The molecule has 0 bridgehead atoms. The molecule has 1 heterocycles. The van der Waals surface area contributed by atoms with Crippen molar-refractivity contribution in [1.82, 2.24) is 9.80 Å². The maximum absolute atomic E-state index is 12.8. The number of amides is 2. The van der Waals surface area contributed by atoms with Gasteiger partial charge in [-0.1, -0.05) is 83.3 Å². The topological polar surface area (TPSA) is 49.9 Å². The maximum Gasteiger partial charge on any atom is 0.411 e. The molecular formula is C21H23IN2O3. The van der Waals surface area contributed by atoms with Gasteiger partial charge in [-0.15, -0.1) is 0 Å². The molecule has 0 N–H and O–H groups in total. The molecule has 3 atom stereocenters. The van der Waals surface area contributed by atoms with Crippen LogP contribution in [0, 0.1) is 0 Å². The van der Waals surface area contributed by atoms with Crippen LogP contribution in [0.5, 0.6) is 0 Å². The Kier molecular flexibility index (Phi) is 6.36. The molecule has 5 nitrogen and oxygen atoms in total. The van der Waals surface area contributed by atoms with Crippen molar-refractivity contribution in [2.45, 2.75) is 36.5 Å². The highest BCUT2D eigenvalue weighted by Gasteiger charge is 2.42. The third kappa shape index (κ3) is 4.43. The zero-order valence-electron chi connectivity index (χ0n) is 15.4. The molecule has 2 aromatic rings. The number of halogens is 1. The first-order valence-corrected chi connectivity index (χ1v) is 10.2. The summed E-state index contributed by atoms with van der Waals surface area (Å²) in [6.07, 6.45) is -0.397. The number of alkyl halides is 1. The van der Waals surface area contributed by atoms with Gasteiger partial charge in [-0.05, 0) is 25.0 Å². The van der Waals surface area contributed by atoms with E-state index >= 15 is 0 Å². The molecule has 0 radical (unpaired) electrons. The first-order chi connectivity index (χ1) is 13.0. The van der Waals surface area contributed by atoms with Gasteiger partial charge in [0, 0.05) is 0 Å². The SMILES string of the molecule is C[C@@H]1[C@H](I)C(=O)N([C@@H](C)c2ccccc2)CN1C(=O)OCc1ccccc1. The molecule has 6 heteroatoms. The molecule has 0 aromatic heterocycles. The van der Waals surface area contributed by atoms with Crippen molar-refractivity contribution in [3.05, 3.63) is 71.8 Å². The number of ether oxygens (including phenoxy) is 1. The summed E-state index contributed by atoms with van der Waals surface area (Å²) >= 11 is 2.12. The molecule has 0 spiro atoms. The Balaban J connectivity index is 1.72. The van der Waals surface area contributed by atoms with Crippen LogP contribution in [-0.4, -0.2) is 38.4 Å². The van der Waals surface area contributed by atoms with E-state index in [9.17, 15) is 9.59 Å². The van der Waals surface area contributed by atoms with E-state index in [0.29, 0.717) is 0 Å². The molecular weight excluding hydrogens is 455 g/mol. The van der Waals surface area contributed by atoms with Gasteiger partial charge in [0.15, 0.2) is 0 Å². The van der Waals surface area contributed by atoms with Gasteiger partial charge in [0.25, 0.3) is 0 Å². The van der Waals surface area contributed by atoms with Gasteiger partial charge in [-0.2, -0.15) is 0 Å². The van der Waals surface area contributed by atoms with Gasteiger partial charge >= 0.3 is 6.09 Å². The Morgan fingerprint density at radius 2 is 1.74 bits per heavy atom. The van der Waals surface area contributed by atoms with Crippen molar-refractivity contribution in [2.75, 3.05) is 6.67 Å². The number of carbonyl (C=O) groups is 2. The number of nitrogens with zero attached hydrogens (tertiary/aromatic N) is 2. The van der Waals surface area contributed by atoms with Crippen LogP contribution < -0.4 is 0 Å². The van der Waals surface area contributed by atoms with Crippen molar-refractivity contribution in [3.63, 3.8) is 0 Å². The van der Waals surface area contributed by atoms with Gasteiger partial charge < -0.3 is 9.64 Å². The molecule has 1 fully saturated rings. The fraction of sp³-hybridized carbons (Fsp3) is 0.333. The summed E-state index contributed by atoms with van der Waals surface area (Å²) in [5.41, 5.74) is 1.98. The molecule has 0 unspecified atom stereocenters. The number of carbonyl (C=O) groups excluding carboxylic acids is 2. The molecule has 1 aliphatic rings. The highest BCUT2D eigenvalue weighted by Crippen LogP contribution is 2.30. The lowest BCUT2D eigenvalue weighted by molar-refractivity contribution is -0.140. The minimum Gasteiger partial charge on any atom is -0.444 e. The zero-order valence-corrected chi connectivity index (χ0v) is 17.6. The van der Waals surface area contributed by atoms with Crippen molar-refractivity contribution in [1.29, 1.82) is 0 Å². The van der Waals surface area contributed by atoms with Crippen molar-refractivity contribution in [2.24, 2.45) is 0 Å². The third-order valence-corrected chi connectivity index (χ3v) is 6.50. The van der Waals surface area contributed by atoms with Gasteiger partial charge in [0.2, 0.25) is 5.91 Å². The second kappa shape index (κ2) is 8.73. The van der Waals surface area contributed by atoms with Crippen LogP contribution in [0.3, 0.4) is 0 Å². The number of benzene rings is 2. The van der Waals surface area contributed by atoms with Gasteiger partial charge in [0.05, 0.1) is 18.8 Å². The second-order valence-electron chi connectivity index (χ2n) is 6.69. The lowest BCUT2D eigenvalue weighted by atomic mass is 10.0. The normalized spacial score (nSPS) is 21.1. The summed E-state index contributed by atoms with van der Waals surface area (Å²) in [6.45, 7) is 4.32. The fourth-order valence-corrected chi connectivity index (χ4v) is 3.88. The van der Waals surface area contributed by atoms with E-state index in [2.05, 4.69) is 22.6 Å². The van der Waals surface area contributed by atoms with E-state index in [4.69, 9.17) is 4.74 Å². The van der Waals surface area contributed by atoms with Crippen LogP contribution in [0.4, 0.5) is 4.79 Å². The first-order valence-electron chi connectivity index (χ1n) is 8.96. The highest BCUT2D eigenvalue weighted by atomic mass is 127. The number of rotatable bonds is 4. The fourth-order valence-electron chi connectivity index (χ4n) is 3.14. The van der Waals surface area contributed by atoms with E-state index in [1.807, 2.05) is 74.5 Å². The summed E-state index contributed by atoms with van der Waals surface area (Å²) in [5, 5.41) is 0. The van der Waals surface area contributed by atoms with Gasteiger partial charge in [-0.3, -0.25) is 9.69 Å². The smallest absolute Gasteiger partial charge is 0.411 e. The van der Waals surface area contributed by atoms with E-state index in [1.54, 1.807) is 9.80 Å². The molecule has 2 aromatic carbocycles. The summed E-state index contributed by atoms with van der Waals surface area (Å²) < 4.78 is 5.19. The quantitative estimate of drug-likeness (QED) is 0.484. The lowest BCUT2D eigenvalue weighted by Crippen LogP contribution is -2.60. The predicted molar refractivity (Wildman–Crippen MR) is 112 cm³/mol. The van der Waals surface area contributed by atoms with Crippen molar-refractivity contribution >= 4 is 34.6 Å². The summed E-state index contributed by atoms with van der Waals surface area (Å²) in [4.78, 5) is 28.9. The average molecular weight is 478 g/mol. The molecule has 2 amide bonds. The van der Waals surface area contributed by atoms with Crippen molar-refractivity contribution < 1.29 is 14.3 Å². The van der Waals surface area contributed by atoms with Crippen LogP contribution in [0.15, 0.2) is 60.7 Å². The number of hydrogen-bond donors (Lipinski definition) is 0. The largest absolute Gasteiger partial charge is 0.444 e. The van der Waals surface area contributed by atoms with Crippen LogP contribution in [-0.2, 0) is 16.1 Å². The lowest BCUT2D eigenvalue weighted by Gasteiger charge is -2.44. The Hall–Kier alpha value is -2.09. The van der Waals surface area contributed by atoms with E-state index in [1.165, 1.54) is 0 Å². The Morgan fingerprint density at radius 1 is 1.15 bits per heavy atom. The summed E-state index contributed by atoms with van der Waals surface area (Å²) in [6, 6.07) is 19.1.